The van der Waals surface area contributed by atoms with Gasteiger partial charge in [-0.1, -0.05) is 18.2 Å². The summed E-state index contributed by atoms with van der Waals surface area (Å²) in [6, 6.07) is 20.6. The van der Waals surface area contributed by atoms with Gasteiger partial charge in [0.25, 0.3) is 5.91 Å². The number of aromatic nitrogens is 2. The van der Waals surface area contributed by atoms with E-state index in [9.17, 15) is 4.79 Å². The summed E-state index contributed by atoms with van der Waals surface area (Å²) >= 11 is 0. The van der Waals surface area contributed by atoms with E-state index in [1.54, 1.807) is 31.3 Å². The molecule has 4 aromatic rings. The van der Waals surface area contributed by atoms with Crippen LogP contribution in [0.4, 0.5) is 0 Å². The lowest BCUT2D eigenvalue weighted by atomic mass is 10.1. The molecule has 2 aromatic heterocycles. The molecular formula is C25H20N4O3. The van der Waals surface area contributed by atoms with Crippen LogP contribution in [0.3, 0.4) is 0 Å². The molecule has 7 heteroatoms. The fourth-order valence-corrected chi connectivity index (χ4v) is 4.13. The van der Waals surface area contributed by atoms with Gasteiger partial charge in [0.1, 0.15) is 22.8 Å². The Morgan fingerprint density at radius 1 is 1.06 bits per heavy atom. The van der Waals surface area contributed by atoms with Crippen molar-refractivity contribution in [1.82, 2.24) is 14.3 Å². The zero-order valence-electron chi connectivity index (χ0n) is 17.7. The molecule has 0 spiro atoms. The van der Waals surface area contributed by atoms with Crippen LogP contribution in [0.5, 0.6) is 11.5 Å². The minimum absolute atomic E-state index is 0.0650. The van der Waals surface area contributed by atoms with Gasteiger partial charge in [-0.2, -0.15) is 5.26 Å². The fraction of sp³-hybridized carbons (Fsp3) is 0.160. The molecule has 0 atom stereocenters. The third-order valence-electron chi connectivity index (χ3n) is 5.73. The van der Waals surface area contributed by atoms with Gasteiger partial charge < -0.3 is 14.4 Å². The molecule has 0 saturated carbocycles. The summed E-state index contributed by atoms with van der Waals surface area (Å²) in [5, 5.41) is 9.11. The highest BCUT2D eigenvalue weighted by Gasteiger charge is 2.30. The molecular weight excluding hydrogens is 404 g/mol. The second-order valence-corrected chi connectivity index (χ2v) is 7.54. The predicted molar refractivity (Wildman–Crippen MR) is 118 cm³/mol. The number of rotatable bonds is 5. The summed E-state index contributed by atoms with van der Waals surface area (Å²) < 4.78 is 12.7. The minimum Gasteiger partial charge on any atom is -0.497 e. The van der Waals surface area contributed by atoms with Crippen LogP contribution in [0.15, 0.2) is 60.7 Å². The maximum atomic E-state index is 13.3. The first kappa shape index (κ1) is 19.6. The second-order valence-electron chi connectivity index (χ2n) is 7.54. The fourth-order valence-electron chi connectivity index (χ4n) is 4.13. The Morgan fingerprint density at radius 2 is 1.88 bits per heavy atom. The number of carbonyl (C=O) groups excluding carboxylic acids is 1. The van der Waals surface area contributed by atoms with Crippen LogP contribution in [0, 0.1) is 11.3 Å². The van der Waals surface area contributed by atoms with E-state index >= 15 is 0 Å². The van der Waals surface area contributed by atoms with Gasteiger partial charge in [0.05, 0.1) is 50.3 Å². The van der Waals surface area contributed by atoms with Gasteiger partial charge >= 0.3 is 0 Å². The maximum absolute atomic E-state index is 13.3. The lowest BCUT2D eigenvalue weighted by molar-refractivity contribution is 0.0699. The summed E-state index contributed by atoms with van der Waals surface area (Å²) in [6.07, 6.45) is 0. The van der Waals surface area contributed by atoms with E-state index in [0.29, 0.717) is 35.8 Å². The SMILES string of the molecule is COc1ccc(CN2Cc3c(-c4ccc(C#N)cc4)nc4cccc(n34)C2=O)c(OC)c1. The Morgan fingerprint density at radius 3 is 2.59 bits per heavy atom. The van der Waals surface area contributed by atoms with Gasteiger partial charge in [-0.25, -0.2) is 4.98 Å². The molecule has 0 saturated heterocycles. The van der Waals surface area contributed by atoms with Crippen molar-refractivity contribution in [3.05, 3.63) is 83.2 Å². The van der Waals surface area contributed by atoms with Crippen LogP contribution in [0.1, 0.15) is 27.3 Å². The largest absolute Gasteiger partial charge is 0.497 e. The second kappa shape index (κ2) is 7.75. The van der Waals surface area contributed by atoms with E-state index in [2.05, 4.69) is 6.07 Å². The lowest BCUT2D eigenvalue weighted by Crippen LogP contribution is -2.36. The third kappa shape index (κ3) is 3.13. The van der Waals surface area contributed by atoms with E-state index in [0.717, 1.165) is 28.2 Å². The molecule has 2 aromatic carbocycles. The van der Waals surface area contributed by atoms with Crippen LogP contribution in [-0.4, -0.2) is 34.4 Å². The van der Waals surface area contributed by atoms with Crippen molar-refractivity contribution in [1.29, 1.82) is 5.26 Å². The van der Waals surface area contributed by atoms with E-state index in [-0.39, 0.29) is 5.91 Å². The number of benzene rings is 2. The third-order valence-corrected chi connectivity index (χ3v) is 5.73. The molecule has 1 aliphatic rings. The summed E-state index contributed by atoms with van der Waals surface area (Å²) in [4.78, 5) is 19.9. The highest BCUT2D eigenvalue weighted by Crippen LogP contribution is 2.33. The average molecular weight is 424 g/mol. The minimum atomic E-state index is -0.0650. The quantitative estimate of drug-likeness (QED) is 0.483. The first-order valence-electron chi connectivity index (χ1n) is 10.1. The number of carbonyl (C=O) groups is 1. The number of imidazole rings is 1. The zero-order chi connectivity index (χ0) is 22.2. The van der Waals surface area contributed by atoms with Crippen LogP contribution in [0.2, 0.25) is 0 Å². The number of ether oxygens (including phenoxy) is 2. The molecule has 0 unspecified atom stereocenters. The van der Waals surface area contributed by atoms with E-state index in [4.69, 9.17) is 19.7 Å². The number of pyridine rings is 1. The van der Waals surface area contributed by atoms with Crippen LogP contribution in [-0.2, 0) is 13.1 Å². The molecule has 0 N–H and O–H groups in total. The Bertz CT molecular complexity index is 1380. The van der Waals surface area contributed by atoms with E-state index in [1.807, 2.05) is 52.9 Å². The van der Waals surface area contributed by atoms with Crippen molar-refractivity contribution >= 4 is 11.6 Å². The van der Waals surface area contributed by atoms with Crippen molar-refractivity contribution in [2.45, 2.75) is 13.1 Å². The lowest BCUT2D eigenvalue weighted by Gasteiger charge is -2.28. The number of nitriles is 1. The number of nitrogens with zero attached hydrogens (tertiary/aromatic N) is 4. The van der Waals surface area contributed by atoms with E-state index in [1.165, 1.54) is 0 Å². The molecule has 0 radical (unpaired) electrons. The smallest absolute Gasteiger partial charge is 0.271 e. The Kier molecular flexibility index (Phi) is 4.75. The number of methoxy groups -OCH3 is 2. The van der Waals surface area contributed by atoms with Crippen molar-refractivity contribution in [3.63, 3.8) is 0 Å². The molecule has 3 heterocycles. The summed E-state index contributed by atoms with van der Waals surface area (Å²) in [7, 11) is 3.21. The maximum Gasteiger partial charge on any atom is 0.271 e. The van der Waals surface area contributed by atoms with Crippen LogP contribution < -0.4 is 9.47 Å². The standard InChI is InChI=1S/C25H20N4O3/c1-31-19-11-10-18(22(12-19)32-2)14-28-15-21-24(17-8-6-16(13-26)7-9-17)27-23-5-3-4-20(25(28)30)29(21)23/h3-12H,14-15H2,1-2H3. The summed E-state index contributed by atoms with van der Waals surface area (Å²) in [5.41, 5.74) is 5.44. The van der Waals surface area contributed by atoms with Gasteiger partial charge in [0.2, 0.25) is 0 Å². The van der Waals surface area contributed by atoms with Crippen molar-refractivity contribution in [3.8, 4) is 28.8 Å². The van der Waals surface area contributed by atoms with Gasteiger partial charge in [-0.15, -0.1) is 0 Å². The van der Waals surface area contributed by atoms with Gasteiger partial charge in [0.15, 0.2) is 0 Å². The number of amides is 1. The van der Waals surface area contributed by atoms with Crippen molar-refractivity contribution < 1.29 is 14.3 Å². The van der Waals surface area contributed by atoms with Gasteiger partial charge in [-0.3, -0.25) is 9.20 Å². The normalized spacial score (nSPS) is 12.7. The Labute approximate surface area is 185 Å². The number of hydrogen-bond acceptors (Lipinski definition) is 5. The summed E-state index contributed by atoms with van der Waals surface area (Å²) in [6.45, 7) is 0.794. The molecule has 1 aliphatic heterocycles. The Hall–Kier alpha value is -4.31. The zero-order valence-corrected chi connectivity index (χ0v) is 17.7. The molecule has 7 nitrogen and oxygen atoms in total. The summed E-state index contributed by atoms with van der Waals surface area (Å²) in [5.74, 6) is 1.30. The van der Waals surface area contributed by atoms with Crippen molar-refractivity contribution in [2.24, 2.45) is 0 Å². The Balaban J connectivity index is 1.57. The van der Waals surface area contributed by atoms with Crippen LogP contribution in [0.25, 0.3) is 16.9 Å². The van der Waals surface area contributed by atoms with Crippen LogP contribution >= 0.6 is 0 Å². The molecule has 5 rings (SSSR count). The molecule has 32 heavy (non-hydrogen) atoms. The molecule has 0 bridgehead atoms. The highest BCUT2D eigenvalue weighted by molar-refractivity contribution is 5.95. The molecule has 0 fully saturated rings. The first-order chi connectivity index (χ1) is 15.6. The van der Waals surface area contributed by atoms with E-state index < -0.39 is 0 Å². The average Bonchev–Trinajstić information content (AvgIpc) is 3.21. The van der Waals surface area contributed by atoms with Crippen molar-refractivity contribution in [2.75, 3.05) is 14.2 Å². The predicted octanol–water partition coefficient (Wildman–Crippen LogP) is 4.05. The van der Waals surface area contributed by atoms with Gasteiger partial charge in [-0.05, 0) is 36.4 Å². The molecule has 158 valence electrons. The molecule has 0 aliphatic carbocycles. The monoisotopic (exact) mass is 424 g/mol. The first-order valence-corrected chi connectivity index (χ1v) is 10.1. The van der Waals surface area contributed by atoms with Gasteiger partial charge in [0, 0.05) is 17.2 Å². The highest BCUT2D eigenvalue weighted by atomic mass is 16.5. The number of hydrogen-bond donors (Lipinski definition) is 0. The molecule has 1 amide bonds. The topological polar surface area (TPSA) is 79.9 Å².